The van der Waals surface area contributed by atoms with Gasteiger partial charge >= 0.3 is 0 Å². The van der Waals surface area contributed by atoms with Crippen molar-refractivity contribution < 1.29 is 0 Å². The lowest BCUT2D eigenvalue weighted by molar-refractivity contribution is 1.70. The van der Waals surface area contributed by atoms with Gasteiger partial charge in [-0.05, 0) is 43.1 Å². The van der Waals surface area contributed by atoms with Gasteiger partial charge in [0, 0.05) is 4.43 Å². The maximum atomic E-state index is 4.01. The average Bonchev–Trinajstić information content (AvgIpc) is 2.58. The highest BCUT2D eigenvalue weighted by Crippen LogP contribution is 2.32. The maximum absolute atomic E-state index is 4.01. The minimum Gasteiger partial charge on any atom is -0.0984 e. The molecule has 0 aliphatic heterocycles. The van der Waals surface area contributed by atoms with E-state index in [1.807, 2.05) is 6.08 Å². The fourth-order valence-electron chi connectivity index (χ4n) is 3.48. The summed E-state index contributed by atoms with van der Waals surface area (Å²) in [6.45, 7) is 4.01. The molecule has 0 aliphatic rings. The quantitative estimate of drug-likeness (QED) is 0.177. The van der Waals surface area contributed by atoms with E-state index >= 15 is 0 Å². The Balaban J connectivity index is 2.47. The number of halogens is 1. The fraction of sp³-hybridized carbons (Fsp3) is 0.0476. The second kappa shape index (κ2) is 5.40. The Morgan fingerprint density at radius 2 is 1.45 bits per heavy atom. The minimum atomic E-state index is 0.997. The molecule has 0 spiro atoms. The first-order chi connectivity index (χ1) is 10.8. The summed E-state index contributed by atoms with van der Waals surface area (Å²) >= 11 is 2.42. The van der Waals surface area contributed by atoms with E-state index in [2.05, 4.69) is 89.8 Å². The zero-order chi connectivity index (χ0) is 15.1. The number of alkyl halides is 1. The van der Waals surface area contributed by atoms with Crippen LogP contribution in [-0.2, 0) is 0 Å². The van der Waals surface area contributed by atoms with Crippen molar-refractivity contribution in [3.63, 3.8) is 0 Å². The van der Waals surface area contributed by atoms with Crippen LogP contribution in [0.15, 0.2) is 61.2 Å². The van der Waals surface area contributed by atoms with E-state index in [1.54, 1.807) is 0 Å². The predicted octanol–water partition coefficient (Wildman–Crippen LogP) is 5.72. The molecule has 0 atom stereocenters. The lowest BCUT2D eigenvalue weighted by atomic mass is 9.91. The highest BCUT2D eigenvalue weighted by Gasteiger charge is 2.10. The summed E-state index contributed by atoms with van der Waals surface area (Å²) in [6, 6.07) is 19.7. The molecule has 0 saturated heterocycles. The second-order valence-electron chi connectivity index (χ2n) is 5.46. The van der Waals surface area contributed by atoms with Gasteiger partial charge in [-0.2, -0.15) is 0 Å². The third-order valence-electron chi connectivity index (χ3n) is 4.35. The van der Waals surface area contributed by atoms with Gasteiger partial charge in [-0.3, -0.25) is 0 Å². The molecule has 4 aromatic rings. The summed E-state index contributed by atoms with van der Waals surface area (Å²) in [5.74, 6) is 0. The van der Waals surface area contributed by atoms with Crippen molar-refractivity contribution in [1.29, 1.82) is 0 Å². The van der Waals surface area contributed by atoms with E-state index in [0.717, 1.165) is 4.43 Å². The van der Waals surface area contributed by atoms with Gasteiger partial charge in [-0.25, -0.2) is 0 Å². The molecule has 0 bridgehead atoms. The van der Waals surface area contributed by atoms with Gasteiger partial charge in [0.2, 0.25) is 0 Å². The molecule has 0 heterocycles. The van der Waals surface area contributed by atoms with Crippen molar-refractivity contribution in [2.75, 3.05) is 4.43 Å². The van der Waals surface area contributed by atoms with Gasteiger partial charge in [0.05, 0.1) is 0 Å². The van der Waals surface area contributed by atoms with Crippen LogP contribution >= 0.6 is 22.6 Å². The van der Waals surface area contributed by atoms with Gasteiger partial charge in [0.15, 0.2) is 0 Å². The first kappa shape index (κ1) is 13.8. The number of hydrogen-bond donors (Lipinski definition) is 0. The first-order valence-electron chi connectivity index (χ1n) is 7.39. The SMILES string of the molecule is C=Cc1cccc2c1/c(=C\CI)c1cccc3cccc2c31. The number of fused-ring (bicyclic) bond motifs is 2. The van der Waals surface area contributed by atoms with Crippen molar-refractivity contribution in [1.82, 2.24) is 0 Å². The number of benzene rings is 4. The smallest absolute Gasteiger partial charge is 0.0185 e. The molecule has 0 aliphatic carbocycles. The molecule has 0 nitrogen and oxygen atoms in total. The van der Waals surface area contributed by atoms with Crippen LogP contribution in [0.4, 0.5) is 0 Å². The zero-order valence-electron chi connectivity index (χ0n) is 12.1. The van der Waals surface area contributed by atoms with Crippen molar-refractivity contribution >= 4 is 67.1 Å². The largest absolute Gasteiger partial charge is 0.0984 e. The van der Waals surface area contributed by atoms with Crippen molar-refractivity contribution in [3.05, 3.63) is 72.0 Å². The Hall–Kier alpha value is -1.87. The Bertz CT molecular complexity index is 1070. The third kappa shape index (κ3) is 1.88. The second-order valence-corrected chi connectivity index (χ2v) is 6.34. The molecule has 0 radical (unpaired) electrons. The Labute approximate surface area is 143 Å². The molecule has 0 saturated carbocycles. The van der Waals surface area contributed by atoms with Crippen LogP contribution in [0.1, 0.15) is 5.56 Å². The van der Waals surface area contributed by atoms with Crippen LogP contribution < -0.4 is 5.22 Å². The number of rotatable bonds is 2. The monoisotopic (exact) mass is 394 g/mol. The topological polar surface area (TPSA) is 0 Å². The van der Waals surface area contributed by atoms with Crippen molar-refractivity contribution in [2.24, 2.45) is 0 Å². The Morgan fingerprint density at radius 1 is 0.818 bits per heavy atom. The fourth-order valence-corrected chi connectivity index (χ4v) is 3.92. The summed E-state index contributed by atoms with van der Waals surface area (Å²) in [4.78, 5) is 0. The van der Waals surface area contributed by atoms with Gasteiger partial charge < -0.3 is 0 Å². The zero-order valence-corrected chi connectivity index (χ0v) is 14.3. The predicted molar refractivity (Wildman–Crippen MR) is 108 cm³/mol. The van der Waals surface area contributed by atoms with Gasteiger partial charge in [-0.1, -0.05) is 95.9 Å². The molecular formula is C21H15I. The maximum Gasteiger partial charge on any atom is 0.0185 e. The molecule has 0 amide bonds. The molecule has 0 fully saturated rings. The summed E-state index contributed by atoms with van der Waals surface area (Å²) in [5.41, 5.74) is 1.21. The molecule has 4 rings (SSSR count). The Kier molecular flexibility index (Phi) is 3.38. The summed E-state index contributed by atoms with van der Waals surface area (Å²) < 4.78 is 0.997. The van der Waals surface area contributed by atoms with E-state index in [9.17, 15) is 0 Å². The molecule has 0 unspecified atom stereocenters. The van der Waals surface area contributed by atoms with Crippen LogP contribution in [0.2, 0.25) is 0 Å². The van der Waals surface area contributed by atoms with Crippen LogP contribution in [0, 0.1) is 0 Å². The normalized spacial score (nSPS) is 12.5. The van der Waals surface area contributed by atoms with E-state index in [1.165, 1.54) is 43.1 Å². The number of hydrogen-bond acceptors (Lipinski definition) is 0. The highest BCUT2D eigenvalue weighted by atomic mass is 127. The highest BCUT2D eigenvalue weighted by molar-refractivity contribution is 14.1. The van der Waals surface area contributed by atoms with Gasteiger partial charge in [0.1, 0.15) is 0 Å². The van der Waals surface area contributed by atoms with Crippen molar-refractivity contribution in [3.8, 4) is 0 Å². The standard InChI is InChI=1S/C21H15I/c1-2-14-6-3-9-16-17-10-4-7-15-8-5-11-18(21(15)17)19(12-13-22)20(14)16/h2-12H,1,13H2/b19-12-. The minimum absolute atomic E-state index is 0.997. The molecule has 0 aromatic heterocycles. The van der Waals surface area contributed by atoms with E-state index in [0.29, 0.717) is 0 Å². The third-order valence-corrected chi connectivity index (χ3v) is 4.79. The van der Waals surface area contributed by atoms with Crippen LogP contribution in [0.3, 0.4) is 0 Å². The summed E-state index contributed by atoms with van der Waals surface area (Å²) in [6.07, 6.45) is 4.30. The molecule has 22 heavy (non-hydrogen) atoms. The van der Waals surface area contributed by atoms with Crippen LogP contribution in [0.5, 0.6) is 0 Å². The lowest BCUT2D eigenvalue weighted by Gasteiger charge is -2.13. The van der Waals surface area contributed by atoms with E-state index in [4.69, 9.17) is 0 Å². The molecule has 4 aromatic carbocycles. The molecular weight excluding hydrogens is 379 g/mol. The lowest BCUT2D eigenvalue weighted by Crippen LogP contribution is -2.07. The molecule has 0 N–H and O–H groups in total. The van der Waals surface area contributed by atoms with E-state index in [-0.39, 0.29) is 0 Å². The summed E-state index contributed by atoms with van der Waals surface area (Å²) in [7, 11) is 0. The van der Waals surface area contributed by atoms with Crippen molar-refractivity contribution in [2.45, 2.75) is 0 Å². The van der Waals surface area contributed by atoms with Crippen LogP contribution in [0.25, 0.3) is 44.5 Å². The molecule has 106 valence electrons. The first-order valence-corrected chi connectivity index (χ1v) is 8.92. The van der Waals surface area contributed by atoms with E-state index < -0.39 is 0 Å². The summed E-state index contributed by atoms with van der Waals surface area (Å²) in [5, 5.41) is 9.32. The molecule has 1 heteroatoms. The van der Waals surface area contributed by atoms with Crippen LogP contribution in [-0.4, -0.2) is 4.43 Å². The Morgan fingerprint density at radius 3 is 2.14 bits per heavy atom. The van der Waals surface area contributed by atoms with Gasteiger partial charge in [-0.15, -0.1) is 0 Å². The average molecular weight is 394 g/mol. The van der Waals surface area contributed by atoms with Gasteiger partial charge in [0.25, 0.3) is 0 Å².